The number of aryl methyl sites for hydroxylation is 1. The van der Waals surface area contributed by atoms with E-state index in [1.165, 1.54) is 0 Å². The fraction of sp³-hybridized carbons (Fsp3) is 0.333. The van der Waals surface area contributed by atoms with Crippen molar-refractivity contribution in [2.75, 3.05) is 20.2 Å². The lowest BCUT2D eigenvalue weighted by molar-refractivity contribution is -0.132. The van der Waals surface area contributed by atoms with Gasteiger partial charge in [-0.15, -0.1) is 0 Å². The number of hydrogen-bond donors (Lipinski definition) is 1. The van der Waals surface area contributed by atoms with Crippen LogP contribution in [-0.4, -0.2) is 53.1 Å². The summed E-state index contributed by atoms with van der Waals surface area (Å²) >= 11 is 0. The van der Waals surface area contributed by atoms with Gasteiger partial charge in [-0.25, -0.2) is 0 Å². The maximum absolute atomic E-state index is 12.6. The maximum atomic E-state index is 12.6. The van der Waals surface area contributed by atoms with Crippen molar-refractivity contribution in [2.45, 2.75) is 31.7 Å². The van der Waals surface area contributed by atoms with Gasteiger partial charge in [0.25, 0.3) is 5.91 Å². The van der Waals surface area contributed by atoms with Crippen molar-refractivity contribution in [1.82, 2.24) is 20.4 Å². The Hall–Kier alpha value is -3.68. The van der Waals surface area contributed by atoms with Crippen LogP contribution in [0.2, 0.25) is 0 Å². The Labute approximate surface area is 186 Å². The fourth-order valence-electron chi connectivity index (χ4n) is 3.72. The van der Waals surface area contributed by atoms with Crippen molar-refractivity contribution in [3.63, 3.8) is 0 Å². The van der Waals surface area contributed by atoms with Gasteiger partial charge in [0.05, 0.1) is 7.11 Å². The predicted molar refractivity (Wildman–Crippen MR) is 118 cm³/mol. The highest BCUT2D eigenvalue weighted by molar-refractivity contribution is 5.94. The second kappa shape index (κ2) is 10.1. The van der Waals surface area contributed by atoms with Gasteiger partial charge in [-0.1, -0.05) is 23.4 Å². The van der Waals surface area contributed by atoms with E-state index >= 15 is 0 Å². The van der Waals surface area contributed by atoms with Gasteiger partial charge in [0.2, 0.25) is 17.6 Å². The highest BCUT2D eigenvalue weighted by Crippen LogP contribution is 2.20. The van der Waals surface area contributed by atoms with Crippen molar-refractivity contribution in [3.05, 3.63) is 66.1 Å². The first-order chi connectivity index (χ1) is 15.6. The van der Waals surface area contributed by atoms with Crippen molar-refractivity contribution in [1.29, 1.82) is 0 Å². The number of nitrogens with zero attached hydrogens (tertiary/aromatic N) is 3. The lowest BCUT2D eigenvalue weighted by Gasteiger charge is -2.32. The minimum atomic E-state index is -0.0700. The topological polar surface area (TPSA) is 97.6 Å². The van der Waals surface area contributed by atoms with Crippen LogP contribution < -0.4 is 10.1 Å². The Kier molecular flexibility index (Phi) is 6.79. The number of benzene rings is 2. The van der Waals surface area contributed by atoms with Crippen LogP contribution in [0.25, 0.3) is 11.4 Å². The smallest absolute Gasteiger partial charge is 0.251 e. The summed E-state index contributed by atoms with van der Waals surface area (Å²) in [5.41, 5.74) is 1.48. The number of hydrogen-bond acceptors (Lipinski definition) is 6. The first-order valence-corrected chi connectivity index (χ1v) is 10.7. The molecule has 1 N–H and O–H groups in total. The number of rotatable bonds is 7. The summed E-state index contributed by atoms with van der Waals surface area (Å²) in [5.74, 6) is 1.67. The Morgan fingerprint density at radius 2 is 1.81 bits per heavy atom. The van der Waals surface area contributed by atoms with Crippen LogP contribution in [0.4, 0.5) is 0 Å². The van der Waals surface area contributed by atoms with Crippen LogP contribution in [0, 0.1) is 0 Å². The molecule has 2 amide bonds. The number of carbonyl (C=O) groups excluding carboxylic acids is 2. The lowest BCUT2D eigenvalue weighted by Crippen LogP contribution is -2.46. The van der Waals surface area contributed by atoms with E-state index in [1.54, 1.807) is 19.2 Å². The summed E-state index contributed by atoms with van der Waals surface area (Å²) in [4.78, 5) is 31.1. The number of aromatic nitrogens is 2. The van der Waals surface area contributed by atoms with Crippen LogP contribution in [0.3, 0.4) is 0 Å². The number of ether oxygens (including phenoxy) is 1. The fourth-order valence-corrected chi connectivity index (χ4v) is 3.72. The summed E-state index contributed by atoms with van der Waals surface area (Å²) in [6.07, 6.45) is 2.19. The molecule has 1 saturated heterocycles. The molecule has 166 valence electrons. The molecule has 1 aliphatic rings. The van der Waals surface area contributed by atoms with Crippen molar-refractivity contribution < 1.29 is 18.8 Å². The Morgan fingerprint density at radius 1 is 1.09 bits per heavy atom. The predicted octanol–water partition coefficient (Wildman–Crippen LogP) is 3.10. The van der Waals surface area contributed by atoms with Crippen molar-refractivity contribution in [3.8, 4) is 17.1 Å². The molecule has 0 bridgehead atoms. The SMILES string of the molecule is COc1ccc(-c2noc(CCC(=O)N3CCC(NC(=O)c4ccccc4)CC3)n2)cc1. The molecule has 32 heavy (non-hydrogen) atoms. The summed E-state index contributed by atoms with van der Waals surface area (Å²) in [6, 6.07) is 16.6. The lowest BCUT2D eigenvalue weighted by atomic mass is 10.0. The summed E-state index contributed by atoms with van der Waals surface area (Å²) in [5, 5.41) is 7.06. The zero-order chi connectivity index (χ0) is 22.3. The van der Waals surface area contributed by atoms with Gasteiger partial charge in [0.1, 0.15) is 5.75 Å². The largest absolute Gasteiger partial charge is 0.497 e. The van der Waals surface area contributed by atoms with E-state index in [0.717, 1.165) is 24.2 Å². The van der Waals surface area contributed by atoms with Crippen LogP contribution in [-0.2, 0) is 11.2 Å². The average Bonchev–Trinajstić information content (AvgIpc) is 3.32. The molecule has 2 heterocycles. The average molecular weight is 434 g/mol. The molecule has 0 atom stereocenters. The van der Waals surface area contributed by atoms with Crippen LogP contribution in [0.1, 0.15) is 35.5 Å². The normalized spacial score (nSPS) is 14.2. The molecule has 8 heteroatoms. The number of piperidine rings is 1. The van der Waals surface area contributed by atoms with E-state index in [4.69, 9.17) is 9.26 Å². The molecule has 1 aromatic heterocycles. The maximum Gasteiger partial charge on any atom is 0.251 e. The van der Waals surface area contributed by atoms with Gasteiger partial charge < -0.3 is 19.5 Å². The zero-order valence-corrected chi connectivity index (χ0v) is 18.0. The van der Waals surface area contributed by atoms with Crippen LogP contribution in [0.5, 0.6) is 5.75 Å². The van der Waals surface area contributed by atoms with Gasteiger partial charge >= 0.3 is 0 Å². The van der Waals surface area contributed by atoms with Crippen LogP contribution in [0.15, 0.2) is 59.1 Å². The Morgan fingerprint density at radius 3 is 2.50 bits per heavy atom. The molecule has 4 rings (SSSR count). The highest BCUT2D eigenvalue weighted by Gasteiger charge is 2.24. The third-order valence-electron chi connectivity index (χ3n) is 5.59. The summed E-state index contributed by atoms with van der Waals surface area (Å²) in [7, 11) is 1.61. The zero-order valence-electron chi connectivity index (χ0n) is 18.0. The highest BCUT2D eigenvalue weighted by atomic mass is 16.5. The molecule has 0 aliphatic carbocycles. The molecule has 0 saturated carbocycles. The summed E-state index contributed by atoms with van der Waals surface area (Å²) < 4.78 is 10.5. The molecule has 8 nitrogen and oxygen atoms in total. The molecule has 2 aromatic carbocycles. The van der Waals surface area contributed by atoms with E-state index < -0.39 is 0 Å². The quantitative estimate of drug-likeness (QED) is 0.614. The van der Waals surface area contributed by atoms with Gasteiger partial charge in [0.15, 0.2) is 0 Å². The standard InChI is InChI=1S/C24H26N4O4/c1-31-20-9-7-17(8-10-20)23-26-21(32-27-23)11-12-22(29)28-15-13-19(14-16-28)25-24(30)18-5-3-2-4-6-18/h2-10,19H,11-16H2,1H3,(H,25,30). The first kappa shape index (κ1) is 21.5. The minimum absolute atomic E-state index is 0.0574. The molecule has 1 aliphatic heterocycles. The van der Waals surface area contributed by atoms with E-state index in [2.05, 4.69) is 15.5 Å². The molecule has 0 spiro atoms. The van der Waals surface area contributed by atoms with Gasteiger partial charge in [-0.2, -0.15) is 4.98 Å². The molecular weight excluding hydrogens is 408 g/mol. The molecule has 0 unspecified atom stereocenters. The number of amides is 2. The first-order valence-electron chi connectivity index (χ1n) is 10.7. The third-order valence-corrected chi connectivity index (χ3v) is 5.59. The van der Waals surface area contributed by atoms with Gasteiger partial charge in [0, 0.05) is 43.1 Å². The number of likely N-dealkylation sites (tertiary alicyclic amines) is 1. The number of carbonyl (C=O) groups is 2. The van der Waals surface area contributed by atoms with Gasteiger partial charge in [-0.3, -0.25) is 9.59 Å². The minimum Gasteiger partial charge on any atom is -0.497 e. The number of methoxy groups -OCH3 is 1. The van der Waals surface area contributed by atoms with Crippen molar-refractivity contribution in [2.24, 2.45) is 0 Å². The third kappa shape index (κ3) is 5.32. The monoisotopic (exact) mass is 434 g/mol. The number of nitrogens with one attached hydrogen (secondary N) is 1. The van der Waals surface area contributed by atoms with Crippen molar-refractivity contribution >= 4 is 11.8 Å². The Balaban J connectivity index is 1.22. The van der Waals surface area contributed by atoms with E-state index in [1.807, 2.05) is 47.4 Å². The molecular formula is C24H26N4O4. The molecule has 3 aromatic rings. The van der Waals surface area contributed by atoms with Gasteiger partial charge in [-0.05, 0) is 49.2 Å². The summed E-state index contributed by atoms with van der Waals surface area (Å²) in [6.45, 7) is 1.25. The van der Waals surface area contributed by atoms with E-state index in [9.17, 15) is 9.59 Å². The van der Waals surface area contributed by atoms with E-state index in [-0.39, 0.29) is 17.9 Å². The Bertz CT molecular complexity index is 1040. The molecule has 0 radical (unpaired) electrons. The van der Waals surface area contributed by atoms with E-state index in [0.29, 0.717) is 43.2 Å². The molecule has 1 fully saturated rings. The second-order valence-corrected chi connectivity index (χ2v) is 7.73. The van der Waals surface area contributed by atoms with Crippen LogP contribution >= 0.6 is 0 Å². The second-order valence-electron chi connectivity index (χ2n) is 7.73.